The molecule has 0 saturated carbocycles. The standard InChI is InChI=1S/C17H20N4O3S3/c1-21(27(22,23)16-4-3-11-25-16)10-9-18-17-19-15(20-26-17)12-13-5-7-14(24-2)8-6-13/h3-8,11H,9-10,12H2,1-2H3,(H,18,19,20). The first-order valence-electron chi connectivity index (χ1n) is 8.18. The minimum Gasteiger partial charge on any atom is -0.497 e. The maximum Gasteiger partial charge on any atom is 0.252 e. The molecule has 2 heterocycles. The van der Waals surface area contributed by atoms with Gasteiger partial charge in [0.25, 0.3) is 10.0 Å². The summed E-state index contributed by atoms with van der Waals surface area (Å²) in [6.45, 7) is 0.798. The molecule has 0 bridgehead atoms. The lowest BCUT2D eigenvalue weighted by Gasteiger charge is -2.15. The molecule has 0 aliphatic heterocycles. The van der Waals surface area contributed by atoms with Crippen LogP contribution in [0.15, 0.2) is 46.0 Å². The molecule has 0 spiro atoms. The van der Waals surface area contributed by atoms with Crippen molar-refractivity contribution in [2.45, 2.75) is 10.6 Å². The van der Waals surface area contributed by atoms with Gasteiger partial charge in [0.15, 0.2) is 0 Å². The number of anilines is 1. The van der Waals surface area contributed by atoms with Crippen LogP contribution in [0.5, 0.6) is 5.75 Å². The Kier molecular flexibility index (Phi) is 6.42. The molecule has 0 atom stereocenters. The molecule has 0 unspecified atom stereocenters. The van der Waals surface area contributed by atoms with Crippen molar-refractivity contribution < 1.29 is 13.2 Å². The topological polar surface area (TPSA) is 84.4 Å². The van der Waals surface area contributed by atoms with Gasteiger partial charge in [-0.25, -0.2) is 13.4 Å². The van der Waals surface area contributed by atoms with Gasteiger partial charge in [-0.2, -0.15) is 8.68 Å². The summed E-state index contributed by atoms with van der Waals surface area (Å²) in [5.41, 5.74) is 1.10. The second kappa shape index (κ2) is 8.79. The molecular weight excluding hydrogens is 404 g/mol. The number of hydrogen-bond acceptors (Lipinski definition) is 8. The second-order valence-electron chi connectivity index (χ2n) is 5.73. The maximum absolute atomic E-state index is 12.4. The number of ether oxygens (including phenoxy) is 1. The van der Waals surface area contributed by atoms with Crippen molar-refractivity contribution >= 4 is 38.0 Å². The predicted octanol–water partition coefficient (Wildman–Crippen LogP) is 2.93. The first kappa shape index (κ1) is 19.7. The van der Waals surface area contributed by atoms with Crippen LogP contribution in [0.25, 0.3) is 0 Å². The quantitative estimate of drug-likeness (QED) is 0.569. The molecule has 3 aromatic rings. The second-order valence-corrected chi connectivity index (χ2v) is 9.70. The molecule has 0 saturated heterocycles. The lowest BCUT2D eigenvalue weighted by atomic mass is 10.1. The van der Waals surface area contributed by atoms with Crippen LogP contribution in [-0.2, 0) is 16.4 Å². The number of methoxy groups -OCH3 is 1. The van der Waals surface area contributed by atoms with Gasteiger partial charge in [0, 0.05) is 38.1 Å². The molecule has 0 amide bonds. The summed E-state index contributed by atoms with van der Waals surface area (Å²) < 4.78 is 35.9. The number of nitrogens with zero attached hydrogens (tertiary/aromatic N) is 3. The van der Waals surface area contributed by atoms with Crippen LogP contribution in [0.2, 0.25) is 0 Å². The van der Waals surface area contributed by atoms with E-state index in [9.17, 15) is 8.42 Å². The molecule has 1 aromatic carbocycles. The van der Waals surface area contributed by atoms with Crippen molar-refractivity contribution in [1.29, 1.82) is 0 Å². The van der Waals surface area contributed by atoms with Gasteiger partial charge in [-0.3, -0.25) is 0 Å². The van der Waals surface area contributed by atoms with Gasteiger partial charge in [-0.05, 0) is 29.1 Å². The molecule has 27 heavy (non-hydrogen) atoms. The van der Waals surface area contributed by atoms with E-state index >= 15 is 0 Å². The SMILES string of the molecule is COc1ccc(Cc2nsc(NCCN(C)S(=O)(=O)c3cccs3)n2)cc1. The fraction of sp³-hybridized carbons (Fsp3) is 0.294. The Morgan fingerprint density at radius 1 is 1.22 bits per heavy atom. The molecule has 3 rings (SSSR count). The van der Waals surface area contributed by atoms with E-state index < -0.39 is 10.0 Å². The van der Waals surface area contributed by atoms with Crippen molar-refractivity contribution in [3.8, 4) is 5.75 Å². The fourth-order valence-corrected chi connectivity index (χ4v) is 5.31. The number of thiophene rings is 1. The highest BCUT2D eigenvalue weighted by molar-refractivity contribution is 7.91. The number of nitrogens with one attached hydrogen (secondary N) is 1. The molecular formula is C17H20N4O3S3. The first-order chi connectivity index (χ1) is 13.0. The zero-order valence-electron chi connectivity index (χ0n) is 15.0. The van der Waals surface area contributed by atoms with Crippen LogP contribution < -0.4 is 10.1 Å². The van der Waals surface area contributed by atoms with E-state index in [2.05, 4.69) is 14.7 Å². The van der Waals surface area contributed by atoms with Crippen LogP contribution in [0.4, 0.5) is 5.13 Å². The van der Waals surface area contributed by atoms with Crippen LogP contribution in [-0.4, -0.2) is 49.3 Å². The summed E-state index contributed by atoms with van der Waals surface area (Å²) in [5.74, 6) is 1.54. The van der Waals surface area contributed by atoms with Crippen molar-refractivity contribution in [1.82, 2.24) is 13.7 Å². The van der Waals surface area contributed by atoms with E-state index in [1.165, 1.54) is 27.2 Å². The zero-order valence-corrected chi connectivity index (χ0v) is 17.4. The van der Waals surface area contributed by atoms with Crippen molar-refractivity contribution in [3.63, 3.8) is 0 Å². The maximum atomic E-state index is 12.4. The monoisotopic (exact) mass is 424 g/mol. The number of sulfonamides is 1. The van der Waals surface area contributed by atoms with Crippen molar-refractivity contribution in [2.75, 3.05) is 32.6 Å². The van der Waals surface area contributed by atoms with E-state index in [-0.39, 0.29) is 0 Å². The summed E-state index contributed by atoms with van der Waals surface area (Å²) in [5, 5.41) is 5.58. The van der Waals surface area contributed by atoms with Crippen LogP contribution >= 0.6 is 22.9 Å². The molecule has 10 heteroatoms. The van der Waals surface area contributed by atoms with Gasteiger partial charge < -0.3 is 10.1 Å². The smallest absolute Gasteiger partial charge is 0.252 e. The normalized spacial score (nSPS) is 11.7. The van der Waals surface area contributed by atoms with E-state index in [1.807, 2.05) is 24.3 Å². The van der Waals surface area contributed by atoms with E-state index in [0.29, 0.717) is 28.9 Å². The number of rotatable bonds is 9. The van der Waals surface area contributed by atoms with E-state index in [4.69, 9.17) is 4.74 Å². The van der Waals surface area contributed by atoms with Gasteiger partial charge in [0.1, 0.15) is 15.8 Å². The van der Waals surface area contributed by atoms with E-state index in [0.717, 1.165) is 17.1 Å². The van der Waals surface area contributed by atoms with E-state index in [1.54, 1.807) is 31.7 Å². The third-order valence-corrected chi connectivity index (χ3v) is 7.79. The molecule has 0 aliphatic carbocycles. The third-order valence-electron chi connectivity index (χ3n) is 3.85. The molecule has 0 radical (unpaired) electrons. The zero-order chi connectivity index (χ0) is 19.3. The highest BCUT2D eigenvalue weighted by atomic mass is 32.2. The predicted molar refractivity (Wildman–Crippen MR) is 108 cm³/mol. The molecule has 0 fully saturated rings. The van der Waals surface area contributed by atoms with Crippen LogP contribution in [0.1, 0.15) is 11.4 Å². The van der Waals surface area contributed by atoms with Gasteiger partial charge in [0.2, 0.25) is 5.13 Å². The van der Waals surface area contributed by atoms with Crippen molar-refractivity contribution in [2.24, 2.45) is 0 Å². The highest BCUT2D eigenvalue weighted by Crippen LogP contribution is 2.20. The third kappa shape index (κ3) is 5.04. The Labute approximate surface area is 166 Å². The summed E-state index contributed by atoms with van der Waals surface area (Å²) >= 11 is 2.49. The summed E-state index contributed by atoms with van der Waals surface area (Å²) in [6.07, 6.45) is 0.634. The minimum atomic E-state index is -3.42. The Morgan fingerprint density at radius 2 is 2.00 bits per heavy atom. The Bertz CT molecular complexity index is 954. The minimum absolute atomic E-state index is 0.341. The Balaban J connectivity index is 1.50. The number of aromatic nitrogens is 2. The molecule has 0 aliphatic rings. The largest absolute Gasteiger partial charge is 0.497 e. The molecule has 144 valence electrons. The summed E-state index contributed by atoms with van der Waals surface area (Å²) in [4.78, 5) is 4.46. The van der Waals surface area contributed by atoms with Gasteiger partial charge >= 0.3 is 0 Å². The van der Waals surface area contributed by atoms with Gasteiger partial charge in [0.05, 0.1) is 7.11 Å². The average Bonchev–Trinajstić information content (AvgIpc) is 3.35. The van der Waals surface area contributed by atoms with Gasteiger partial charge in [-0.15, -0.1) is 11.3 Å². The van der Waals surface area contributed by atoms with Gasteiger partial charge in [-0.1, -0.05) is 18.2 Å². The summed E-state index contributed by atoms with van der Waals surface area (Å²) in [6, 6.07) is 11.1. The highest BCUT2D eigenvalue weighted by Gasteiger charge is 2.21. The Morgan fingerprint density at radius 3 is 2.67 bits per heavy atom. The lowest BCUT2D eigenvalue weighted by molar-refractivity contribution is 0.414. The molecule has 2 aromatic heterocycles. The average molecular weight is 425 g/mol. The number of likely N-dealkylation sites (N-methyl/N-ethyl adjacent to an activating group) is 1. The van der Waals surface area contributed by atoms with Crippen molar-refractivity contribution in [3.05, 3.63) is 53.2 Å². The van der Waals surface area contributed by atoms with Crippen LogP contribution in [0, 0.1) is 0 Å². The number of benzene rings is 1. The molecule has 1 N–H and O–H groups in total. The molecule has 7 nitrogen and oxygen atoms in total. The lowest BCUT2D eigenvalue weighted by Crippen LogP contribution is -2.31. The Hall–Kier alpha value is -2.01. The first-order valence-corrected chi connectivity index (χ1v) is 11.3. The van der Waals surface area contributed by atoms with Crippen LogP contribution in [0.3, 0.4) is 0 Å². The fourth-order valence-electron chi connectivity index (χ4n) is 2.33. The summed E-state index contributed by atoms with van der Waals surface area (Å²) in [7, 11) is -0.210. The number of hydrogen-bond donors (Lipinski definition) is 1.